The number of pyridine rings is 1. The Morgan fingerprint density at radius 1 is 0.967 bits per heavy atom. The highest BCUT2D eigenvalue weighted by Crippen LogP contribution is 2.26. The molecule has 0 saturated carbocycles. The van der Waals surface area contributed by atoms with Gasteiger partial charge in [-0.15, -0.1) is 24.8 Å². The lowest BCUT2D eigenvalue weighted by molar-refractivity contribution is 0.428. The Morgan fingerprint density at radius 2 is 1.63 bits per heavy atom. The lowest BCUT2D eigenvalue weighted by atomic mass is 10.0. The molecule has 0 aliphatic carbocycles. The van der Waals surface area contributed by atoms with E-state index in [0.29, 0.717) is 6.04 Å². The van der Waals surface area contributed by atoms with Crippen molar-refractivity contribution in [3.8, 4) is 11.3 Å². The summed E-state index contributed by atoms with van der Waals surface area (Å²) in [5.41, 5.74) is 5.57. The van der Waals surface area contributed by atoms with Gasteiger partial charge >= 0.3 is 0 Å². The first-order valence-electron chi connectivity index (χ1n) is 9.94. The number of piperidine rings is 1. The van der Waals surface area contributed by atoms with Crippen LogP contribution in [0.2, 0.25) is 0 Å². The van der Waals surface area contributed by atoms with Crippen molar-refractivity contribution in [3.63, 3.8) is 0 Å². The lowest BCUT2D eigenvalue weighted by Crippen LogP contribution is -2.43. The highest BCUT2D eigenvalue weighted by Gasteiger charge is 2.21. The van der Waals surface area contributed by atoms with Gasteiger partial charge in [0.2, 0.25) is 0 Å². The highest BCUT2D eigenvalue weighted by molar-refractivity contribution is 5.85. The summed E-state index contributed by atoms with van der Waals surface area (Å²) in [5.74, 6) is -0.226. The van der Waals surface area contributed by atoms with E-state index in [1.54, 1.807) is 12.1 Å². The maximum atomic E-state index is 13.2. The predicted octanol–water partition coefficient (Wildman–Crippen LogP) is 5.80. The van der Waals surface area contributed by atoms with Crippen LogP contribution in [0.4, 0.5) is 10.1 Å². The maximum Gasteiger partial charge on any atom is 0.123 e. The lowest BCUT2D eigenvalue weighted by Gasteiger charge is -2.36. The molecule has 3 aromatic rings. The molecule has 160 valence electrons. The standard InChI is InChI=1S/C24H26FN3.2ClH/c1-18-2-8-22(9-3-18)28(23-11-13-26-14-12-23)17-19-10-15-27-24(16-19)20-4-6-21(25)7-5-20;;/h2-10,15-16,23,26H,11-14,17H2,1H3;2*1H. The highest BCUT2D eigenvalue weighted by atomic mass is 35.5. The van der Waals surface area contributed by atoms with Crippen molar-refractivity contribution in [1.82, 2.24) is 10.3 Å². The van der Waals surface area contributed by atoms with Crippen molar-refractivity contribution in [1.29, 1.82) is 0 Å². The summed E-state index contributed by atoms with van der Waals surface area (Å²) in [6, 6.07) is 20.1. The molecule has 1 fully saturated rings. The van der Waals surface area contributed by atoms with E-state index >= 15 is 0 Å². The number of rotatable bonds is 5. The summed E-state index contributed by atoms with van der Waals surface area (Å²) >= 11 is 0. The van der Waals surface area contributed by atoms with Crippen LogP contribution in [0.25, 0.3) is 11.3 Å². The molecule has 30 heavy (non-hydrogen) atoms. The normalized spacial score (nSPS) is 13.8. The number of hydrogen-bond acceptors (Lipinski definition) is 3. The predicted molar refractivity (Wildman–Crippen MR) is 127 cm³/mol. The summed E-state index contributed by atoms with van der Waals surface area (Å²) in [5, 5.41) is 3.46. The van der Waals surface area contributed by atoms with Gasteiger partial charge in [0.25, 0.3) is 0 Å². The zero-order valence-electron chi connectivity index (χ0n) is 17.1. The molecule has 0 amide bonds. The third-order valence-corrected chi connectivity index (χ3v) is 5.43. The van der Waals surface area contributed by atoms with E-state index < -0.39 is 0 Å². The minimum atomic E-state index is -0.226. The first-order chi connectivity index (χ1) is 13.7. The van der Waals surface area contributed by atoms with Crippen LogP contribution >= 0.6 is 24.8 Å². The third kappa shape index (κ3) is 5.94. The van der Waals surface area contributed by atoms with Crippen LogP contribution < -0.4 is 10.2 Å². The minimum Gasteiger partial charge on any atom is -0.364 e. The van der Waals surface area contributed by atoms with Crippen molar-refractivity contribution in [2.24, 2.45) is 0 Å². The van der Waals surface area contributed by atoms with Crippen LogP contribution in [-0.2, 0) is 6.54 Å². The SMILES string of the molecule is Cc1ccc(N(Cc2ccnc(-c3ccc(F)cc3)c2)C2CCNCC2)cc1.Cl.Cl. The van der Waals surface area contributed by atoms with E-state index in [0.717, 1.165) is 43.7 Å². The van der Waals surface area contributed by atoms with Crippen molar-refractivity contribution in [2.45, 2.75) is 32.4 Å². The molecule has 0 unspecified atom stereocenters. The van der Waals surface area contributed by atoms with Crippen molar-refractivity contribution in [2.75, 3.05) is 18.0 Å². The Morgan fingerprint density at radius 3 is 2.30 bits per heavy atom. The van der Waals surface area contributed by atoms with E-state index in [2.05, 4.69) is 58.5 Å². The summed E-state index contributed by atoms with van der Waals surface area (Å²) in [6.45, 7) is 5.08. The maximum absolute atomic E-state index is 13.2. The first-order valence-corrected chi connectivity index (χ1v) is 9.94. The van der Waals surface area contributed by atoms with E-state index in [1.807, 2.05) is 6.20 Å². The van der Waals surface area contributed by atoms with Crippen LogP contribution in [-0.4, -0.2) is 24.1 Å². The number of hydrogen-bond donors (Lipinski definition) is 1. The topological polar surface area (TPSA) is 28.2 Å². The molecule has 0 atom stereocenters. The monoisotopic (exact) mass is 447 g/mol. The quantitative estimate of drug-likeness (QED) is 0.535. The fourth-order valence-corrected chi connectivity index (χ4v) is 3.83. The number of anilines is 1. The van der Waals surface area contributed by atoms with E-state index in [9.17, 15) is 4.39 Å². The Hall–Kier alpha value is -2.14. The zero-order chi connectivity index (χ0) is 19.3. The van der Waals surface area contributed by atoms with Crippen molar-refractivity contribution >= 4 is 30.5 Å². The van der Waals surface area contributed by atoms with Gasteiger partial charge in [0, 0.05) is 30.0 Å². The molecule has 1 N–H and O–H groups in total. The fourth-order valence-electron chi connectivity index (χ4n) is 3.83. The number of benzene rings is 2. The van der Waals surface area contributed by atoms with Gasteiger partial charge in [-0.3, -0.25) is 4.98 Å². The zero-order valence-corrected chi connectivity index (χ0v) is 18.7. The van der Waals surface area contributed by atoms with Gasteiger partial charge in [0.1, 0.15) is 5.82 Å². The van der Waals surface area contributed by atoms with Gasteiger partial charge < -0.3 is 10.2 Å². The van der Waals surface area contributed by atoms with Crippen LogP contribution in [0.1, 0.15) is 24.0 Å². The van der Waals surface area contributed by atoms with Crippen molar-refractivity contribution in [3.05, 3.63) is 83.8 Å². The van der Waals surface area contributed by atoms with Crippen LogP contribution in [0.3, 0.4) is 0 Å². The molecule has 0 bridgehead atoms. The Bertz CT molecular complexity index is 910. The van der Waals surface area contributed by atoms with Gasteiger partial charge in [-0.2, -0.15) is 0 Å². The molecule has 2 heterocycles. The molecule has 1 aliphatic rings. The molecule has 2 aromatic carbocycles. The molecule has 4 rings (SSSR count). The van der Waals surface area contributed by atoms with Crippen LogP contribution in [0, 0.1) is 12.7 Å². The second-order valence-corrected chi connectivity index (χ2v) is 7.50. The minimum absolute atomic E-state index is 0. The molecular formula is C24H28Cl2FN3. The van der Waals surface area contributed by atoms with E-state index in [4.69, 9.17) is 0 Å². The van der Waals surface area contributed by atoms with Gasteiger partial charge in [0.05, 0.1) is 5.69 Å². The fraction of sp³-hybridized carbons (Fsp3) is 0.292. The van der Waals surface area contributed by atoms with Crippen LogP contribution in [0.15, 0.2) is 66.9 Å². The van der Waals surface area contributed by atoms with Crippen molar-refractivity contribution < 1.29 is 4.39 Å². The number of aryl methyl sites for hydroxylation is 1. The first kappa shape index (κ1) is 24.1. The molecule has 1 saturated heterocycles. The number of nitrogens with zero attached hydrogens (tertiary/aromatic N) is 2. The molecular weight excluding hydrogens is 420 g/mol. The average Bonchev–Trinajstić information content (AvgIpc) is 2.74. The number of halogens is 3. The molecule has 6 heteroatoms. The average molecular weight is 448 g/mol. The Labute approximate surface area is 190 Å². The summed E-state index contributed by atoms with van der Waals surface area (Å²) in [7, 11) is 0. The second-order valence-electron chi connectivity index (χ2n) is 7.50. The molecule has 0 radical (unpaired) electrons. The summed E-state index contributed by atoms with van der Waals surface area (Å²) < 4.78 is 13.2. The van der Waals surface area contributed by atoms with E-state index in [1.165, 1.54) is 28.9 Å². The third-order valence-electron chi connectivity index (χ3n) is 5.43. The molecule has 1 aromatic heterocycles. The van der Waals surface area contributed by atoms with Crippen LogP contribution in [0.5, 0.6) is 0 Å². The molecule has 0 spiro atoms. The summed E-state index contributed by atoms with van der Waals surface area (Å²) in [4.78, 5) is 7.01. The Kier molecular flexibility index (Phi) is 9.09. The number of nitrogens with one attached hydrogen (secondary N) is 1. The molecule has 1 aliphatic heterocycles. The smallest absolute Gasteiger partial charge is 0.123 e. The van der Waals surface area contributed by atoms with Gasteiger partial charge in [-0.1, -0.05) is 17.7 Å². The van der Waals surface area contributed by atoms with Gasteiger partial charge in [-0.05, 0) is 86.9 Å². The Balaban J connectivity index is 0.00000160. The molecule has 3 nitrogen and oxygen atoms in total. The van der Waals surface area contributed by atoms with Gasteiger partial charge in [-0.25, -0.2) is 4.39 Å². The van der Waals surface area contributed by atoms with Gasteiger partial charge in [0.15, 0.2) is 0 Å². The largest absolute Gasteiger partial charge is 0.364 e. The summed E-state index contributed by atoms with van der Waals surface area (Å²) in [6.07, 6.45) is 4.14. The van der Waals surface area contributed by atoms with E-state index in [-0.39, 0.29) is 30.6 Å². The second kappa shape index (κ2) is 11.3. The number of aromatic nitrogens is 1.